The van der Waals surface area contributed by atoms with Crippen LogP contribution in [0.3, 0.4) is 0 Å². The van der Waals surface area contributed by atoms with Crippen molar-refractivity contribution in [3.05, 3.63) is 76.5 Å². The number of carbonyl (C=O) groups is 1. The van der Waals surface area contributed by atoms with Gasteiger partial charge in [0.1, 0.15) is 11.6 Å². The van der Waals surface area contributed by atoms with Crippen LogP contribution in [0.5, 0.6) is 5.75 Å². The molecule has 3 aromatic rings. The number of amides is 1. The van der Waals surface area contributed by atoms with Crippen LogP contribution in [0.25, 0.3) is 0 Å². The minimum Gasteiger partial charge on any atom is -0.497 e. The van der Waals surface area contributed by atoms with Crippen molar-refractivity contribution in [3.63, 3.8) is 0 Å². The van der Waals surface area contributed by atoms with Crippen molar-refractivity contribution in [1.29, 1.82) is 0 Å². The predicted molar refractivity (Wildman–Crippen MR) is 92.3 cm³/mol. The Balaban J connectivity index is 1.68. The van der Waals surface area contributed by atoms with E-state index in [9.17, 15) is 9.18 Å². The number of thiazole rings is 1. The molecule has 1 aromatic heterocycles. The summed E-state index contributed by atoms with van der Waals surface area (Å²) in [5, 5.41) is 3.27. The Labute approximate surface area is 142 Å². The molecule has 0 fully saturated rings. The summed E-state index contributed by atoms with van der Waals surface area (Å²) in [5.74, 6) is 0.109. The second-order valence-corrected chi connectivity index (χ2v) is 6.24. The third-order valence-electron chi connectivity index (χ3n) is 3.37. The molecule has 1 N–H and O–H groups in total. The van der Waals surface area contributed by atoms with Crippen LogP contribution in [0.2, 0.25) is 0 Å². The normalized spacial score (nSPS) is 10.4. The highest BCUT2D eigenvalue weighted by Gasteiger charge is 2.10. The summed E-state index contributed by atoms with van der Waals surface area (Å²) >= 11 is 1.37. The van der Waals surface area contributed by atoms with E-state index in [-0.39, 0.29) is 11.7 Å². The lowest BCUT2D eigenvalue weighted by atomic mass is 10.1. The second-order valence-electron chi connectivity index (χ2n) is 5.12. The number of nitrogens with one attached hydrogen (secondary N) is 1. The molecule has 1 heterocycles. The summed E-state index contributed by atoms with van der Waals surface area (Å²) in [4.78, 5) is 17.4. The average molecular weight is 342 g/mol. The molecule has 0 spiro atoms. The Morgan fingerprint density at radius 3 is 2.88 bits per heavy atom. The van der Waals surface area contributed by atoms with E-state index in [1.165, 1.54) is 23.5 Å². The molecule has 3 rings (SSSR count). The highest BCUT2D eigenvalue weighted by molar-refractivity contribution is 7.15. The largest absolute Gasteiger partial charge is 0.497 e. The Bertz CT molecular complexity index is 863. The van der Waals surface area contributed by atoms with Gasteiger partial charge in [0.15, 0.2) is 5.13 Å². The molecular formula is C18H15FN2O2S. The number of nitrogens with zero attached hydrogens (tertiary/aromatic N) is 1. The Kier molecular flexibility index (Phi) is 4.86. The Morgan fingerprint density at radius 2 is 2.08 bits per heavy atom. The summed E-state index contributed by atoms with van der Waals surface area (Å²) in [6.07, 6.45) is 2.27. The van der Waals surface area contributed by atoms with Gasteiger partial charge in [-0.3, -0.25) is 10.1 Å². The lowest BCUT2D eigenvalue weighted by Crippen LogP contribution is -2.11. The van der Waals surface area contributed by atoms with E-state index in [1.54, 1.807) is 43.6 Å². The van der Waals surface area contributed by atoms with Crippen LogP contribution in [-0.2, 0) is 6.42 Å². The number of aromatic nitrogens is 1. The molecule has 0 aliphatic carbocycles. The lowest BCUT2D eigenvalue weighted by molar-refractivity contribution is 0.102. The van der Waals surface area contributed by atoms with Crippen LogP contribution in [0, 0.1) is 5.82 Å². The standard InChI is InChI=1S/C18H15FN2O2S/c1-23-15-7-3-5-13(10-15)17(22)21-18-20-11-16(24-18)9-12-4-2-6-14(19)8-12/h2-8,10-11H,9H2,1H3,(H,20,21,22). The van der Waals surface area contributed by atoms with Gasteiger partial charge in [-0.05, 0) is 35.9 Å². The fraction of sp³-hybridized carbons (Fsp3) is 0.111. The maximum absolute atomic E-state index is 13.2. The van der Waals surface area contributed by atoms with Gasteiger partial charge >= 0.3 is 0 Å². The molecule has 0 aliphatic heterocycles. The van der Waals surface area contributed by atoms with Gasteiger partial charge in [-0.25, -0.2) is 9.37 Å². The number of rotatable bonds is 5. The van der Waals surface area contributed by atoms with Crippen LogP contribution in [0.15, 0.2) is 54.7 Å². The molecule has 0 unspecified atom stereocenters. The van der Waals surface area contributed by atoms with Crippen molar-refractivity contribution in [1.82, 2.24) is 4.98 Å². The smallest absolute Gasteiger partial charge is 0.257 e. The zero-order chi connectivity index (χ0) is 16.9. The Morgan fingerprint density at radius 1 is 1.25 bits per heavy atom. The number of benzene rings is 2. The van der Waals surface area contributed by atoms with Gasteiger partial charge in [-0.15, -0.1) is 11.3 Å². The van der Waals surface area contributed by atoms with Gasteiger partial charge < -0.3 is 4.74 Å². The topological polar surface area (TPSA) is 51.2 Å². The lowest BCUT2D eigenvalue weighted by Gasteiger charge is -2.04. The van der Waals surface area contributed by atoms with Crippen LogP contribution < -0.4 is 10.1 Å². The third kappa shape index (κ3) is 3.97. The maximum Gasteiger partial charge on any atom is 0.257 e. The fourth-order valence-electron chi connectivity index (χ4n) is 2.23. The van der Waals surface area contributed by atoms with E-state index >= 15 is 0 Å². The SMILES string of the molecule is COc1cccc(C(=O)Nc2ncc(Cc3cccc(F)c3)s2)c1. The quantitative estimate of drug-likeness (QED) is 0.758. The van der Waals surface area contributed by atoms with Crippen molar-refractivity contribution in [2.24, 2.45) is 0 Å². The average Bonchev–Trinajstić information content (AvgIpc) is 3.01. The summed E-state index contributed by atoms with van der Waals surface area (Å²) in [5.41, 5.74) is 1.36. The number of methoxy groups -OCH3 is 1. The second kappa shape index (κ2) is 7.23. The molecular weight excluding hydrogens is 327 g/mol. The fourth-order valence-corrected chi connectivity index (χ4v) is 3.07. The number of hydrogen-bond donors (Lipinski definition) is 1. The molecule has 1 amide bonds. The number of anilines is 1. The van der Waals surface area contributed by atoms with E-state index < -0.39 is 0 Å². The molecule has 0 saturated carbocycles. The van der Waals surface area contributed by atoms with E-state index in [4.69, 9.17) is 4.74 Å². The number of carbonyl (C=O) groups excluding carboxylic acids is 1. The molecule has 122 valence electrons. The van der Waals surface area contributed by atoms with Crippen LogP contribution in [0.1, 0.15) is 20.8 Å². The van der Waals surface area contributed by atoms with E-state index in [2.05, 4.69) is 10.3 Å². The first kappa shape index (κ1) is 16.1. The molecule has 0 saturated heterocycles. The summed E-state index contributed by atoms with van der Waals surface area (Å²) in [6, 6.07) is 13.3. The van der Waals surface area contributed by atoms with Crippen LogP contribution in [-0.4, -0.2) is 18.0 Å². The van der Waals surface area contributed by atoms with E-state index in [0.29, 0.717) is 22.9 Å². The van der Waals surface area contributed by atoms with Crippen molar-refractivity contribution in [3.8, 4) is 5.75 Å². The summed E-state index contributed by atoms with van der Waals surface area (Å²) in [7, 11) is 1.55. The molecule has 4 nitrogen and oxygen atoms in total. The van der Waals surface area contributed by atoms with Crippen molar-refractivity contribution >= 4 is 22.4 Å². The van der Waals surface area contributed by atoms with Gasteiger partial charge in [-0.2, -0.15) is 0 Å². The van der Waals surface area contributed by atoms with Crippen LogP contribution >= 0.6 is 11.3 Å². The predicted octanol–water partition coefficient (Wildman–Crippen LogP) is 4.13. The third-order valence-corrected chi connectivity index (χ3v) is 4.29. The Hall–Kier alpha value is -2.73. The maximum atomic E-state index is 13.2. The zero-order valence-electron chi connectivity index (χ0n) is 13.0. The first-order chi connectivity index (χ1) is 11.6. The van der Waals surface area contributed by atoms with Gasteiger partial charge in [0.05, 0.1) is 7.11 Å². The van der Waals surface area contributed by atoms with Crippen molar-refractivity contribution in [2.75, 3.05) is 12.4 Å². The monoisotopic (exact) mass is 342 g/mol. The molecule has 24 heavy (non-hydrogen) atoms. The number of hydrogen-bond acceptors (Lipinski definition) is 4. The first-order valence-electron chi connectivity index (χ1n) is 7.28. The van der Waals surface area contributed by atoms with Crippen LogP contribution in [0.4, 0.5) is 9.52 Å². The molecule has 0 radical (unpaired) electrons. The van der Waals surface area contributed by atoms with Crippen molar-refractivity contribution in [2.45, 2.75) is 6.42 Å². The minimum absolute atomic E-state index is 0.249. The molecule has 0 bridgehead atoms. The molecule has 2 aromatic carbocycles. The zero-order valence-corrected chi connectivity index (χ0v) is 13.8. The molecule has 6 heteroatoms. The van der Waals surface area contributed by atoms with Crippen molar-refractivity contribution < 1.29 is 13.9 Å². The van der Waals surface area contributed by atoms with Gasteiger partial charge in [0.25, 0.3) is 5.91 Å². The van der Waals surface area contributed by atoms with E-state index in [0.717, 1.165) is 10.4 Å². The van der Waals surface area contributed by atoms with E-state index in [1.807, 2.05) is 6.07 Å². The van der Waals surface area contributed by atoms with Gasteiger partial charge in [0, 0.05) is 23.1 Å². The first-order valence-corrected chi connectivity index (χ1v) is 8.10. The van der Waals surface area contributed by atoms with Gasteiger partial charge in [0.2, 0.25) is 0 Å². The number of halogens is 1. The molecule has 0 aliphatic rings. The summed E-state index contributed by atoms with van der Waals surface area (Å²) < 4.78 is 18.3. The molecule has 0 atom stereocenters. The highest BCUT2D eigenvalue weighted by atomic mass is 32.1. The van der Waals surface area contributed by atoms with Gasteiger partial charge in [-0.1, -0.05) is 18.2 Å². The minimum atomic E-state index is -0.261. The highest BCUT2D eigenvalue weighted by Crippen LogP contribution is 2.22. The summed E-state index contributed by atoms with van der Waals surface area (Å²) in [6.45, 7) is 0. The number of ether oxygens (including phenoxy) is 1.